The number of allylic oxidation sites excluding steroid dienone is 2. The summed E-state index contributed by atoms with van der Waals surface area (Å²) in [6, 6.07) is 32.3. The number of benzene rings is 3. The van der Waals surface area contributed by atoms with Crippen molar-refractivity contribution in [3.8, 4) is 0 Å². The highest BCUT2D eigenvalue weighted by Crippen LogP contribution is 2.53. The Kier molecular flexibility index (Phi) is 9.51. The van der Waals surface area contributed by atoms with E-state index in [1.165, 1.54) is 93.7 Å². The van der Waals surface area contributed by atoms with Crippen LogP contribution in [0, 0.1) is 5.41 Å². The van der Waals surface area contributed by atoms with Crippen LogP contribution in [0.25, 0.3) is 0 Å². The Bertz CT molecular complexity index is 1080. The molecule has 0 atom stereocenters. The van der Waals surface area contributed by atoms with Crippen molar-refractivity contribution in [1.29, 1.82) is 0 Å². The molecule has 0 unspecified atom stereocenters. The van der Waals surface area contributed by atoms with Gasteiger partial charge in [-0.1, -0.05) is 174 Å². The molecule has 0 aliphatic heterocycles. The molecule has 1 nitrogen and oxygen atoms in total. The molecule has 0 amide bonds. The van der Waals surface area contributed by atoms with Crippen LogP contribution in [-0.4, -0.2) is 5.78 Å². The number of carbonyl (C=O) groups excluding carboxylic acids is 1. The first kappa shape index (κ1) is 27.6. The molecule has 204 valence electrons. The van der Waals surface area contributed by atoms with Crippen molar-refractivity contribution in [3.05, 3.63) is 119 Å². The lowest BCUT2D eigenvalue weighted by Gasteiger charge is -2.37. The minimum atomic E-state index is -0.610. The van der Waals surface area contributed by atoms with Crippen LogP contribution in [0.3, 0.4) is 0 Å². The van der Waals surface area contributed by atoms with Crippen molar-refractivity contribution < 1.29 is 4.79 Å². The van der Waals surface area contributed by atoms with Gasteiger partial charge in [0.1, 0.15) is 0 Å². The molecule has 0 aromatic heterocycles. The molecule has 0 N–H and O–H groups in total. The van der Waals surface area contributed by atoms with Gasteiger partial charge in [-0.05, 0) is 34.9 Å². The van der Waals surface area contributed by atoms with E-state index >= 15 is 0 Å². The fourth-order valence-corrected chi connectivity index (χ4v) is 7.37. The second kappa shape index (κ2) is 13.4. The molecular formula is C38H46O. The van der Waals surface area contributed by atoms with Gasteiger partial charge in [0, 0.05) is 12.0 Å². The summed E-state index contributed by atoms with van der Waals surface area (Å²) >= 11 is 0. The predicted molar refractivity (Wildman–Crippen MR) is 164 cm³/mol. The first-order valence-corrected chi connectivity index (χ1v) is 15.7. The molecule has 1 spiro atoms. The van der Waals surface area contributed by atoms with Crippen molar-refractivity contribution in [2.45, 2.75) is 102 Å². The first-order chi connectivity index (χ1) is 19.2. The zero-order valence-corrected chi connectivity index (χ0v) is 23.8. The summed E-state index contributed by atoms with van der Waals surface area (Å²) < 4.78 is 0. The number of hydrogen-bond donors (Lipinski definition) is 0. The van der Waals surface area contributed by atoms with E-state index in [0.29, 0.717) is 12.2 Å². The molecule has 2 aliphatic carbocycles. The summed E-state index contributed by atoms with van der Waals surface area (Å²) in [5.41, 5.74) is 3.89. The zero-order chi connectivity index (χ0) is 26.8. The number of hydrogen-bond acceptors (Lipinski definition) is 1. The fourth-order valence-electron chi connectivity index (χ4n) is 7.37. The van der Waals surface area contributed by atoms with E-state index in [2.05, 4.69) is 97.1 Å². The average molecular weight is 519 g/mol. The monoisotopic (exact) mass is 518 g/mol. The molecule has 1 saturated carbocycles. The highest BCUT2D eigenvalue weighted by Gasteiger charge is 2.49. The Balaban J connectivity index is 1.60. The maximum Gasteiger partial charge on any atom is 0.161 e. The van der Waals surface area contributed by atoms with E-state index in [0.717, 1.165) is 18.4 Å². The molecule has 0 radical (unpaired) electrons. The van der Waals surface area contributed by atoms with E-state index < -0.39 is 5.41 Å². The maximum atomic E-state index is 14.4. The van der Waals surface area contributed by atoms with Crippen LogP contribution in [0.15, 0.2) is 103 Å². The second-order valence-corrected chi connectivity index (χ2v) is 12.1. The van der Waals surface area contributed by atoms with Crippen molar-refractivity contribution in [3.63, 3.8) is 0 Å². The van der Waals surface area contributed by atoms with Gasteiger partial charge in [-0.2, -0.15) is 0 Å². The summed E-state index contributed by atoms with van der Waals surface area (Å²) in [5.74, 6) is 0.337. The molecule has 1 heteroatoms. The molecule has 39 heavy (non-hydrogen) atoms. The van der Waals surface area contributed by atoms with Gasteiger partial charge >= 0.3 is 0 Å². The number of Topliss-reactive ketones (excluding diaryl/α,β-unsaturated/α-hetero) is 1. The normalized spacial score (nSPS) is 19.7. The Hall–Kier alpha value is -2.93. The fraction of sp³-hybridized carbons (Fsp3) is 0.447. The van der Waals surface area contributed by atoms with E-state index in [9.17, 15) is 4.79 Å². The lowest BCUT2D eigenvalue weighted by molar-refractivity contribution is -0.116. The van der Waals surface area contributed by atoms with Crippen LogP contribution in [-0.2, 0) is 10.2 Å². The average Bonchev–Trinajstić information content (AvgIpc) is 3.30. The quantitative estimate of drug-likeness (QED) is 0.314. The highest BCUT2D eigenvalue weighted by atomic mass is 16.1. The van der Waals surface area contributed by atoms with Gasteiger partial charge in [-0.15, -0.1) is 0 Å². The summed E-state index contributed by atoms with van der Waals surface area (Å²) in [4.78, 5) is 14.4. The van der Waals surface area contributed by atoms with E-state index in [-0.39, 0.29) is 5.41 Å². The molecule has 0 saturated heterocycles. The summed E-state index contributed by atoms with van der Waals surface area (Å²) in [7, 11) is 0. The van der Waals surface area contributed by atoms with Crippen molar-refractivity contribution in [2.24, 2.45) is 5.41 Å². The predicted octanol–water partition coefficient (Wildman–Crippen LogP) is 10.4. The Morgan fingerprint density at radius 2 is 0.795 bits per heavy atom. The standard InChI is InChI=1S/C38H46O/c39-36-31-37(28-20-9-7-5-3-1-2-4-6-8-10-21-29-37)30-35(36)38(32-22-14-11-15-23-32,33-24-16-12-17-25-33)34-26-18-13-19-27-34/h11-19,22-27,30H,1-10,20-21,28-29,31H2. The Morgan fingerprint density at radius 1 is 0.462 bits per heavy atom. The molecule has 3 aromatic carbocycles. The third-order valence-corrected chi connectivity index (χ3v) is 9.39. The van der Waals surface area contributed by atoms with Crippen LogP contribution in [0.1, 0.15) is 113 Å². The number of rotatable bonds is 4. The maximum absolute atomic E-state index is 14.4. The molecule has 2 aliphatic rings. The molecular weight excluding hydrogens is 472 g/mol. The first-order valence-electron chi connectivity index (χ1n) is 15.7. The Labute approximate surface area is 236 Å². The molecule has 0 bridgehead atoms. The second-order valence-electron chi connectivity index (χ2n) is 12.1. The van der Waals surface area contributed by atoms with Gasteiger partial charge in [0.05, 0.1) is 5.41 Å². The minimum Gasteiger partial charge on any atom is -0.294 e. The molecule has 0 heterocycles. The van der Waals surface area contributed by atoms with E-state index in [1.54, 1.807) is 0 Å². The van der Waals surface area contributed by atoms with E-state index in [4.69, 9.17) is 0 Å². The smallest absolute Gasteiger partial charge is 0.161 e. The van der Waals surface area contributed by atoms with Gasteiger partial charge in [0.2, 0.25) is 0 Å². The highest BCUT2D eigenvalue weighted by molar-refractivity contribution is 6.03. The van der Waals surface area contributed by atoms with Crippen LogP contribution in [0.4, 0.5) is 0 Å². The lowest BCUT2D eigenvalue weighted by atomic mass is 9.64. The topological polar surface area (TPSA) is 17.1 Å². The van der Waals surface area contributed by atoms with Gasteiger partial charge in [0.25, 0.3) is 0 Å². The SMILES string of the molecule is O=C1CC2(C=C1C(c1ccccc1)(c1ccccc1)c1ccccc1)CCCCCCCCCCCCCC2. The minimum absolute atomic E-state index is 0.0177. The van der Waals surface area contributed by atoms with E-state index in [1.807, 2.05) is 0 Å². The zero-order valence-electron chi connectivity index (χ0n) is 23.8. The van der Waals surface area contributed by atoms with Crippen molar-refractivity contribution >= 4 is 5.78 Å². The summed E-state index contributed by atoms with van der Waals surface area (Å²) in [5, 5.41) is 0. The van der Waals surface area contributed by atoms with Crippen LogP contribution < -0.4 is 0 Å². The van der Waals surface area contributed by atoms with Gasteiger partial charge < -0.3 is 0 Å². The molecule has 5 rings (SSSR count). The Morgan fingerprint density at radius 3 is 1.15 bits per heavy atom. The lowest BCUT2D eigenvalue weighted by Crippen LogP contribution is -2.34. The molecule has 3 aromatic rings. The van der Waals surface area contributed by atoms with Gasteiger partial charge in [-0.3, -0.25) is 4.79 Å². The van der Waals surface area contributed by atoms with Crippen LogP contribution in [0.2, 0.25) is 0 Å². The van der Waals surface area contributed by atoms with Crippen molar-refractivity contribution in [2.75, 3.05) is 0 Å². The largest absolute Gasteiger partial charge is 0.294 e. The van der Waals surface area contributed by atoms with Crippen LogP contribution >= 0.6 is 0 Å². The van der Waals surface area contributed by atoms with Crippen LogP contribution in [0.5, 0.6) is 0 Å². The summed E-state index contributed by atoms with van der Waals surface area (Å²) in [6.45, 7) is 0. The van der Waals surface area contributed by atoms with Gasteiger partial charge in [0.15, 0.2) is 5.78 Å². The molecule has 1 fully saturated rings. The third kappa shape index (κ3) is 6.29. The van der Waals surface area contributed by atoms with Gasteiger partial charge in [-0.25, -0.2) is 0 Å². The van der Waals surface area contributed by atoms with Crippen molar-refractivity contribution in [1.82, 2.24) is 0 Å². The third-order valence-electron chi connectivity index (χ3n) is 9.39. The number of ketones is 1. The number of carbonyl (C=O) groups is 1. The summed E-state index contributed by atoms with van der Waals surface area (Å²) in [6.07, 6.45) is 21.5.